The second kappa shape index (κ2) is 4.71. The first kappa shape index (κ1) is 10.6. The maximum atomic E-state index is 5.98. The molecule has 1 aromatic rings. The molecule has 0 bridgehead atoms. The molecule has 1 fully saturated rings. The molecule has 1 aromatic heterocycles. The lowest BCUT2D eigenvalue weighted by atomic mass is 9.98. The van der Waals surface area contributed by atoms with Crippen molar-refractivity contribution >= 4 is 17.3 Å². The van der Waals surface area contributed by atoms with Crippen molar-refractivity contribution in [1.29, 1.82) is 0 Å². The number of halogens is 1. The monoisotopic (exact) mass is 226 g/mol. The molecule has 0 radical (unpaired) electrons. The number of hydrogen-bond donors (Lipinski definition) is 1. The largest absolute Gasteiger partial charge is 0.473 e. The van der Waals surface area contributed by atoms with Crippen molar-refractivity contribution in [3.63, 3.8) is 0 Å². The quantitative estimate of drug-likeness (QED) is 0.843. The summed E-state index contributed by atoms with van der Waals surface area (Å²) in [7, 11) is 0. The first-order chi connectivity index (χ1) is 7.25. The molecule has 4 heteroatoms. The number of rotatable bonds is 2. The Hall–Kier alpha value is -0.960. The number of ether oxygens (including phenoxy) is 1. The number of nitrogens with two attached hydrogens (primary N) is 1. The summed E-state index contributed by atoms with van der Waals surface area (Å²) in [5, 5.41) is 0.501. The van der Waals surface area contributed by atoms with E-state index in [0.717, 1.165) is 12.8 Å². The Morgan fingerprint density at radius 3 is 2.73 bits per heavy atom. The van der Waals surface area contributed by atoms with Gasteiger partial charge in [-0.3, -0.25) is 0 Å². The van der Waals surface area contributed by atoms with Gasteiger partial charge in [0.25, 0.3) is 0 Å². The molecule has 82 valence electrons. The molecular formula is C11H15ClN2O. The lowest BCUT2D eigenvalue weighted by Crippen LogP contribution is -2.20. The second-order valence-corrected chi connectivity index (χ2v) is 4.34. The number of pyridine rings is 1. The maximum Gasteiger partial charge on any atom is 0.232 e. The molecule has 2 N–H and O–H groups in total. The van der Waals surface area contributed by atoms with E-state index in [4.69, 9.17) is 22.1 Å². The molecule has 0 saturated heterocycles. The zero-order chi connectivity index (χ0) is 10.7. The van der Waals surface area contributed by atoms with Crippen molar-refractivity contribution in [2.45, 2.75) is 38.2 Å². The number of hydrogen-bond acceptors (Lipinski definition) is 3. The summed E-state index contributed by atoms with van der Waals surface area (Å²) in [5.41, 5.74) is 6.12. The Morgan fingerprint density at radius 1 is 1.33 bits per heavy atom. The van der Waals surface area contributed by atoms with Crippen LogP contribution in [0.1, 0.15) is 32.1 Å². The van der Waals surface area contributed by atoms with E-state index in [1.165, 1.54) is 19.3 Å². The second-order valence-electron chi connectivity index (χ2n) is 3.93. The normalized spacial score (nSPS) is 17.7. The third-order valence-corrected chi connectivity index (χ3v) is 2.93. The van der Waals surface area contributed by atoms with Crippen LogP contribution in [0.4, 0.5) is 5.69 Å². The third kappa shape index (κ3) is 2.75. The molecule has 0 spiro atoms. The van der Waals surface area contributed by atoms with Crippen LogP contribution in [0.25, 0.3) is 0 Å². The van der Waals surface area contributed by atoms with Crippen LogP contribution in [0.15, 0.2) is 12.3 Å². The van der Waals surface area contributed by atoms with Crippen LogP contribution in [0.3, 0.4) is 0 Å². The molecule has 2 rings (SSSR count). The Bertz CT molecular complexity index is 337. The molecule has 15 heavy (non-hydrogen) atoms. The van der Waals surface area contributed by atoms with Crippen LogP contribution >= 0.6 is 11.6 Å². The molecule has 1 heterocycles. The molecule has 1 saturated carbocycles. The van der Waals surface area contributed by atoms with Crippen molar-refractivity contribution in [2.24, 2.45) is 0 Å². The van der Waals surface area contributed by atoms with Gasteiger partial charge in [0.15, 0.2) is 0 Å². The first-order valence-electron chi connectivity index (χ1n) is 5.33. The number of nitrogens with zero attached hydrogens (tertiary/aromatic N) is 1. The van der Waals surface area contributed by atoms with Crippen molar-refractivity contribution in [3.05, 3.63) is 17.3 Å². The van der Waals surface area contributed by atoms with Crippen LogP contribution in [0.5, 0.6) is 5.88 Å². The smallest absolute Gasteiger partial charge is 0.232 e. The lowest BCUT2D eigenvalue weighted by molar-refractivity contribution is 0.149. The van der Waals surface area contributed by atoms with Crippen LogP contribution in [0, 0.1) is 0 Å². The van der Waals surface area contributed by atoms with E-state index in [0.29, 0.717) is 16.6 Å². The van der Waals surface area contributed by atoms with Crippen LogP contribution in [-0.4, -0.2) is 11.1 Å². The molecule has 3 nitrogen and oxygen atoms in total. The average molecular weight is 227 g/mol. The minimum atomic E-state index is 0.271. The molecular weight excluding hydrogens is 212 g/mol. The van der Waals surface area contributed by atoms with Crippen LogP contribution < -0.4 is 10.5 Å². The molecule has 0 aromatic carbocycles. The number of aromatic nitrogens is 1. The number of nitrogen functional groups attached to an aromatic ring is 1. The van der Waals surface area contributed by atoms with E-state index in [2.05, 4.69) is 4.98 Å². The Balaban J connectivity index is 2.03. The zero-order valence-electron chi connectivity index (χ0n) is 8.58. The summed E-state index contributed by atoms with van der Waals surface area (Å²) in [4.78, 5) is 4.09. The summed E-state index contributed by atoms with van der Waals surface area (Å²) < 4.78 is 5.74. The Morgan fingerprint density at radius 2 is 2.07 bits per heavy atom. The average Bonchev–Trinajstić information content (AvgIpc) is 2.24. The fourth-order valence-electron chi connectivity index (χ4n) is 1.87. The minimum absolute atomic E-state index is 0.271. The van der Waals surface area contributed by atoms with Gasteiger partial charge in [0.05, 0.1) is 11.9 Å². The van der Waals surface area contributed by atoms with Crippen LogP contribution in [0.2, 0.25) is 5.02 Å². The van der Waals surface area contributed by atoms with E-state index >= 15 is 0 Å². The van der Waals surface area contributed by atoms with Gasteiger partial charge in [-0.15, -0.1) is 0 Å². The predicted octanol–water partition coefficient (Wildman–Crippen LogP) is 3.03. The van der Waals surface area contributed by atoms with Gasteiger partial charge < -0.3 is 10.5 Å². The van der Waals surface area contributed by atoms with Crippen molar-refractivity contribution < 1.29 is 4.74 Å². The standard InChI is InChI=1S/C11H15ClN2O/c12-10-6-8(13)7-14-11(10)15-9-4-2-1-3-5-9/h6-7,9H,1-5,13H2. The maximum absolute atomic E-state index is 5.98. The van der Waals surface area contributed by atoms with Gasteiger partial charge in [0, 0.05) is 0 Å². The van der Waals surface area contributed by atoms with Crippen molar-refractivity contribution in [2.75, 3.05) is 5.73 Å². The van der Waals surface area contributed by atoms with Gasteiger partial charge in [-0.2, -0.15) is 0 Å². The summed E-state index contributed by atoms with van der Waals surface area (Å²) in [6.07, 6.45) is 7.82. The summed E-state index contributed by atoms with van der Waals surface area (Å²) in [5.74, 6) is 0.512. The van der Waals surface area contributed by atoms with Crippen molar-refractivity contribution in [1.82, 2.24) is 4.98 Å². The molecule has 0 unspecified atom stereocenters. The number of anilines is 1. The highest BCUT2D eigenvalue weighted by molar-refractivity contribution is 6.32. The van der Waals surface area contributed by atoms with Gasteiger partial charge in [0.1, 0.15) is 11.1 Å². The first-order valence-corrected chi connectivity index (χ1v) is 5.71. The predicted molar refractivity (Wildman–Crippen MR) is 61.2 cm³/mol. The highest BCUT2D eigenvalue weighted by Gasteiger charge is 2.16. The zero-order valence-corrected chi connectivity index (χ0v) is 9.33. The molecule has 1 aliphatic carbocycles. The van der Waals surface area contributed by atoms with Gasteiger partial charge >= 0.3 is 0 Å². The van der Waals surface area contributed by atoms with Gasteiger partial charge in [-0.05, 0) is 31.7 Å². The summed E-state index contributed by atoms with van der Waals surface area (Å²) in [6, 6.07) is 1.67. The molecule has 0 atom stereocenters. The third-order valence-electron chi connectivity index (χ3n) is 2.66. The SMILES string of the molecule is Nc1cnc(OC2CCCCC2)c(Cl)c1. The highest BCUT2D eigenvalue weighted by Crippen LogP contribution is 2.28. The molecule has 0 aliphatic heterocycles. The topological polar surface area (TPSA) is 48.1 Å². The fraction of sp³-hybridized carbons (Fsp3) is 0.545. The Kier molecular flexibility index (Phi) is 3.31. The van der Waals surface area contributed by atoms with E-state index < -0.39 is 0 Å². The van der Waals surface area contributed by atoms with E-state index in [1.807, 2.05) is 0 Å². The molecule has 1 aliphatic rings. The van der Waals surface area contributed by atoms with Gasteiger partial charge in [-0.25, -0.2) is 4.98 Å². The van der Waals surface area contributed by atoms with E-state index in [1.54, 1.807) is 12.3 Å². The summed E-state index contributed by atoms with van der Waals surface area (Å²) in [6.45, 7) is 0. The fourth-order valence-corrected chi connectivity index (χ4v) is 2.09. The summed E-state index contributed by atoms with van der Waals surface area (Å²) >= 11 is 5.98. The van der Waals surface area contributed by atoms with Crippen molar-refractivity contribution in [3.8, 4) is 5.88 Å². The van der Waals surface area contributed by atoms with E-state index in [-0.39, 0.29) is 6.10 Å². The lowest BCUT2D eigenvalue weighted by Gasteiger charge is -2.22. The molecule has 0 amide bonds. The van der Waals surface area contributed by atoms with Crippen LogP contribution in [-0.2, 0) is 0 Å². The minimum Gasteiger partial charge on any atom is -0.473 e. The highest BCUT2D eigenvalue weighted by atomic mass is 35.5. The van der Waals surface area contributed by atoms with Gasteiger partial charge in [0.2, 0.25) is 5.88 Å². The van der Waals surface area contributed by atoms with E-state index in [9.17, 15) is 0 Å². The Labute approximate surface area is 94.6 Å². The van der Waals surface area contributed by atoms with Gasteiger partial charge in [-0.1, -0.05) is 18.0 Å².